The zero-order chi connectivity index (χ0) is 12.1. The lowest BCUT2D eigenvalue weighted by molar-refractivity contribution is -0.119. The fraction of sp³-hybridized carbons (Fsp3) is 0.545. The molecule has 0 aromatic carbocycles. The number of amides is 1. The molecule has 0 atom stereocenters. The molecule has 4 heteroatoms. The second kappa shape index (κ2) is 12.6. The van der Waals surface area contributed by atoms with Crippen LogP contribution in [0.5, 0.6) is 0 Å². The molecule has 1 N–H and O–H groups in total. The molecule has 4 nitrogen and oxygen atoms in total. The number of nitrogens with zero attached hydrogens (tertiary/aromatic N) is 2. The minimum Gasteiger partial charge on any atom is -0.351 e. The van der Waals surface area contributed by atoms with Gasteiger partial charge in [0.05, 0.1) is 12.2 Å². The molecule has 0 bridgehead atoms. The zero-order valence-corrected chi connectivity index (χ0v) is 10.2. The minimum absolute atomic E-state index is 0.0596. The van der Waals surface area contributed by atoms with Gasteiger partial charge in [-0.25, -0.2) is 0 Å². The molecule has 1 rings (SSSR count). The highest BCUT2D eigenvalue weighted by Crippen LogP contribution is 1.88. The van der Waals surface area contributed by atoms with Gasteiger partial charge in [-0.1, -0.05) is 27.7 Å². The van der Waals surface area contributed by atoms with Crippen molar-refractivity contribution in [2.75, 3.05) is 0 Å². The summed E-state index contributed by atoms with van der Waals surface area (Å²) in [6, 6.07) is 3.59. The van der Waals surface area contributed by atoms with Crippen LogP contribution in [0.15, 0.2) is 18.3 Å². The molecule has 0 unspecified atom stereocenters. The van der Waals surface area contributed by atoms with Crippen LogP contribution in [-0.2, 0) is 11.3 Å². The third-order valence-electron chi connectivity index (χ3n) is 1.15. The van der Waals surface area contributed by atoms with Crippen molar-refractivity contribution in [1.29, 1.82) is 0 Å². The Morgan fingerprint density at radius 2 is 1.93 bits per heavy atom. The summed E-state index contributed by atoms with van der Waals surface area (Å²) in [6.45, 7) is 9.92. The summed E-state index contributed by atoms with van der Waals surface area (Å²) >= 11 is 0. The fourth-order valence-electron chi connectivity index (χ4n) is 0.643. The average molecular weight is 211 g/mol. The van der Waals surface area contributed by atoms with E-state index in [4.69, 9.17) is 0 Å². The predicted molar refractivity (Wildman–Crippen MR) is 62.2 cm³/mol. The van der Waals surface area contributed by atoms with E-state index in [1.54, 1.807) is 12.3 Å². The predicted octanol–water partition coefficient (Wildman–Crippen LogP) is 2.17. The van der Waals surface area contributed by atoms with Crippen LogP contribution in [0, 0.1) is 0 Å². The first-order valence-corrected chi connectivity index (χ1v) is 5.30. The third kappa shape index (κ3) is 10.5. The monoisotopic (exact) mass is 211 g/mol. The molecule has 0 fully saturated rings. The highest BCUT2D eigenvalue weighted by atomic mass is 16.1. The molecule has 0 saturated heterocycles. The number of nitrogens with one attached hydrogen (secondary N) is 1. The van der Waals surface area contributed by atoms with Gasteiger partial charge in [0.1, 0.15) is 0 Å². The van der Waals surface area contributed by atoms with Crippen LogP contribution in [-0.4, -0.2) is 16.1 Å². The SMILES string of the molecule is CC.CC.CC(=O)NCc1cccnn1. The van der Waals surface area contributed by atoms with Crippen LogP contribution in [0.3, 0.4) is 0 Å². The van der Waals surface area contributed by atoms with Gasteiger partial charge in [-0.05, 0) is 12.1 Å². The Morgan fingerprint density at radius 1 is 1.33 bits per heavy atom. The number of hydrogen-bond donors (Lipinski definition) is 1. The van der Waals surface area contributed by atoms with Crippen molar-refractivity contribution in [3.8, 4) is 0 Å². The number of rotatable bonds is 2. The lowest BCUT2D eigenvalue weighted by atomic mass is 10.4. The van der Waals surface area contributed by atoms with E-state index in [2.05, 4.69) is 15.5 Å². The minimum atomic E-state index is -0.0596. The summed E-state index contributed by atoms with van der Waals surface area (Å²) in [5.74, 6) is -0.0596. The molecule has 86 valence electrons. The van der Waals surface area contributed by atoms with Crippen molar-refractivity contribution in [2.24, 2.45) is 0 Å². The Balaban J connectivity index is 0. The Kier molecular flexibility index (Phi) is 13.4. The van der Waals surface area contributed by atoms with E-state index in [1.807, 2.05) is 33.8 Å². The van der Waals surface area contributed by atoms with E-state index in [-0.39, 0.29) is 5.91 Å². The Morgan fingerprint density at radius 3 is 2.33 bits per heavy atom. The summed E-state index contributed by atoms with van der Waals surface area (Å²) < 4.78 is 0. The Bertz CT molecular complexity index is 237. The summed E-state index contributed by atoms with van der Waals surface area (Å²) in [6.07, 6.45) is 1.59. The first-order valence-electron chi connectivity index (χ1n) is 5.30. The first kappa shape index (κ1) is 16.0. The highest BCUT2D eigenvalue weighted by Gasteiger charge is 1.93. The maximum atomic E-state index is 10.5. The van der Waals surface area contributed by atoms with Crippen molar-refractivity contribution in [1.82, 2.24) is 15.5 Å². The van der Waals surface area contributed by atoms with Gasteiger partial charge in [-0.2, -0.15) is 10.2 Å². The fourth-order valence-corrected chi connectivity index (χ4v) is 0.643. The van der Waals surface area contributed by atoms with Crippen molar-refractivity contribution in [2.45, 2.75) is 41.2 Å². The molecule has 0 aliphatic rings. The molecule has 1 heterocycles. The topological polar surface area (TPSA) is 54.9 Å². The van der Waals surface area contributed by atoms with Gasteiger partial charge in [-0.3, -0.25) is 4.79 Å². The zero-order valence-electron chi connectivity index (χ0n) is 10.2. The lowest BCUT2D eigenvalue weighted by Gasteiger charge is -1.98. The van der Waals surface area contributed by atoms with Gasteiger partial charge in [0.15, 0.2) is 0 Å². The van der Waals surface area contributed by atoms with E-state index >= 15 is 0 Å². The van der Waals surface area contributed by atoms with Crippen molar-refractivity contribution in [3.05, 3.63) is 24.0 Å². The molecule has 0 aliphatic heterocycles. The standard InChI is InChI=1S/C7H9N3O.2C2H6/c1-6(11)8-5-7-3-2-4-9-10-7;2*1-2/h2-4H,5H2,1H3,(H,8,11);2*1-2H3. The van der Waals surface area contributed by atoms with Gasteiger partial charge in [0.2, 0.25) is 5.91 Å². The molecular weight excluding hydrogens is 190 g/mol. The first-order chi connectivity index (χ1) is 7.29. The quantitative estimate of drug-likeness (QED) is 0.815. The van der Waals surface area contributed by atoms with Gasteiger partial charge in [0.25, 0.3) is 0 Å². The largest absolute Gasteiger partial charge is 0.351 e. The van der Waals surface area contributed by atoms with E-state index < -0.39 is 0 Å². The van der Waals surface area contributed by atoms with E-state index in [1.165, 1.54) is 6.92 Å². The molecule has 1 aromatic rings. The van der Waals surface area contributed by atoms with Crippen LogP contribution in [0.1, 0.15) is 40.3 Å². The van der Waals surface area contributed by atoms with E-state index in [0.717, 1.165) is 5.69 Å². The molecule has 1 amide bonds. The smallest absolute Gasteiger partial charge is 0.217 e. The number of carbonyl (C=O) groups excluding carboxylic acids is 1. The maximum absolute atomic E-state index is 10.5. The molecule has 1 aromatic heterocycles. The number of carbonyl (C=O) groups is 1. The normalized spacial score (nSPS) is 7.53. The Hall–Kier alpha value is -1.45. The number of aromatic nitrogens is 2. The third-order valence-corrected chi connectivity index (χ3v) is 1.15. The summed E-state index contributed by atoms with van der Waals surface area (Å²) in [5, 5.41) is 10.1. The molecule has 15 heavy (non-hydrogen) atoms. The summed E-state index contributed by atoms with van der Waals surface area (Å²) in [7, 11) is 0. The molecular formula is C11H21N3O. The van der Waals surface area contributed by atoms with Crippen molar-refractivity contribution >= 4 is 5.91 Å². The van der Waals surface area contributed by atoms with Crippen LogP contribution >= 0.6 is 0 Å². The Labute approximate surface area is 92.1 Å². The van der Waals surface area contributed by atoms with Crippen LogP contribution in [0.4, 0.5) is 0 Å². The van der Waals surface area contributed by atoms with E-state index in [0.29, 0.717) is 6.54 Å². The molecule has 0 saturated carbocycles. The summed E-state index contributed by atoms with van der Waals surface area (Å²) in [4.78, 5) is 10.5. The van der Waals surface area contributed by atoms with Gasteiger partial charge < -0.3 is 5.32 Å². The second-order valence-electron chi connectivity index (χ2n) is 2.12. The van der Waals surface area contributed by atoms with Crippen LogP contribution in [0.25, 0.3) is 0 Å². The van der Waals surface area contributed by atoms with Crippen LogP contribution in [0.2, 0.25) is 0 Å². The average Bonchev–Trinajstić information content (AvgIpc) is 2.33. The van der Waals surface area contributed by atoms with E-state index in [9.17, 15) is 4.79 Å². The van der Waals surface area contributed by atoms with Gasteiger partial charge in [0, 0.05) is 13.1 Å². The lowest BCUT2D eigenvalue weighted by Crippen LogP contribution is -2.19. The van der Waals surface area contributed by atoms with Crippen molar-refractivity contribution < 1.29 is 4.79 Å². The second-order valence-corrected chi connectivity index (χ2v) is 2.12. The highest BCUT2D eigenvalue weighted by molar-refractivity contribution is 5.72. The maximum Gasteiger partial charge on any atom is 0.217 e. The molecule has 0 radical (unpaired) electrons. The van der Waals surface area contributed by atoms with Gasteiger partial charge >= 0.3 is 0 Å². The van der Waals surface area contributed by atoms with Gasteiger partial charge in [-0.15, -0.1) is 0 Å². The summed E-state index contributed by atoms with van der Waals surface area (Å²) in [5.41, 5.74) is 0.766. The van der Waals surface area contributed by atoms with Crippen LogP contribution < -0.4 is 5.32 Å². The van der Waals surface area contributed by atoms with Crippen molar-refractivity contribution in [3.63, 3.8) is 0 Å². The molecule has 0 aliphatic carbocycles. The number of hydrogen-bond acceptors (Lipinski definition) is 3. The molecule has 0 spiro atoms.